The van der Waals surface area contributed by atoms with Gasteiger partial charge in [0.1, 0.15) is 11.3 Å². The predicted octanol–water partition coefficient (Wildman–Crippen LogP) is 4.35. The summed E-state index contributed by atoms with van der Waals surface area (Å²) in [5.41, 5.74) is 1.91. The van der Waals surface area contributed by atoms with Gasteiger partial charge in [0.2, 0.25) is 0 Å². The Bertz CT molecular complexity index is 524. The quantitative estimate of drug-likeness (QED) is 0.779. The van der Waals surface area contributed by atoms with E-state index >= 15 is 0 Å². The third-order valence-corrected chi connectivity index (χ3v) is 4.07. The molecule has 1 unspecified atom stereocenters. The molecular weight excluding hydrogens is 275 g/mol. The normalized spacial score (nSPS) is 13.2. The van der Waals surface area contributed by atoms with E-state index < -0.39 is 0 Å². The molecule has 2 nitrogen and oxygen atoms in total. The second kappa shape index (κ2) is 5.51. The van der Waals surface area contributed by atoms with Crippen molar-refractivity contribution >= 4 is 46.0 Å². The molecule has 1 atom stereocenters. The van der Waals surface area contributed by atoms with Crippen LogP contribution in [0.1, 0.15) is 18.8 Å². The van der Waals surface area contributed by atoms with E-state index in [0.717, 1.165) is 22.6 Å². The summed E-state index contributed by atoms with van der Waals surface area (Å²) in [4.78, 5) is 4.52. The lowest BCUT2D eigenvalue weighted by atomic mass is 10.3. The van der Waals surface area contributed by atoms with Crippen LogP contribution in [-0.4, -0.2) is 21.6 Å². The van der Waals surface area contributed by atoms with Crippen molar-refractivity contribution in [2.75, 3.05) is 12.0 Å². The van der Waals surface area contributed by atoms with Crippen molar-refractivity contribution in [3.8, 4) is 0 Å². The first-order chi connectivity index (χ1) is 8.19. The Labute approximate surface area is 115 Å². The highest BCUT2D eigenvalue weighted by atomic mass is 35.5. The molecule has 0 saturated carbocycles. The Hall–Kier alpha value is -0.380. The van der Waals surface area contributed by atoms with Gasteiger partial charge in [-0.15, -0.1) is 11.6 Å². The summed E-state index contributed by atoms with van der Waals surface area (Å²) in [5.74, 6) is 2.32. The van der Waals surface area contributed by atoms with Gasteiger partial charge >= 0.3 is 0 Å². The van der Waals surface area contributed by atoms with Crippen LogP contribution in [0.2, 0.25) is 5.02 Å². The smallest absolute Gasteiger partial charge is 0.125 e. The van der Waals surface area contributed by atoms with Gasteiger partial charge in [-0.1, -0.05) is 17.7 Å². The monoisotopic (exact) mass is 288 g/mol. The number of nitrogens with zero attached hydrogens (tertiary/aromatic N) is 2. The molecule has 5 heteroatoms. The molecule has 2 aromatic rings. The van der Waals surface area contributed by atoms with Crippen molar-refractivity contribution in [3.05, 3.63) is 29.0 Å². The number of halogens is 2. The molecule has 0 fully saturated rings. The number of hydrogen-bond donors (Lipinski definition) is 0. The van der Waals surface area contributed by atoms with Gasteiger partial charge < -0.3 is 4.57 Å². The van der Waals surface area contributed by atoms with Crippen LogP contribution < -0.4 is 0 Å². The summed E-state index contributed by atoms with van der Waals surface area (Å²) in [7, 11) is 0. The summed E-state index contributed by atoms with van der Waals surface area (Å²) in [6, 6.07) is 6.22. The second-order valence-corrected chi connectivity index (χ2v) is 5.53. The summed E-state index contributed by atoms with van der Waals surface area (Å²) >= 11 is 13.9. The van der Waals surface area contributed by atoms with Gasteiger partial charge in [0.25, 0.3) is 0 Å². The maximum Gasteiger partial charge on any atom is 0.125 e. The van der Waals surface area contributed by atoms with Crippen molar-refractivity contribution in [3.63, 3.8) is 0 Å². The fourth-order valence-electron chi connectivity index (χ4n) is 2.03. The summed E-state index contributed by atoms with van der Waals surface area (Å²) in [6.45, 7) is 2.18. The first-order valence-electron chi connectivity index (χ1n) is 5.39. The van der Waals surface area contributed by atoms with Crippen LogP contribution in [0.5, 0.6) is 0 Å². The molecule has 0 spiro atoms. The van der Waals surface area contributed by atoms with Crippen molar-refractivity contribution in [2.45, 2.75) is 18.8 Å². The number of rotatable bonds is 4. The van der Waals surface area contributed by atoms with Crippen LogP contribution in [0.3, 0.4) is 0 Å². The zero-order valence-electron chi connectivity index (χ0n) is 9.78. The number of imidazole rings is 1. The van der Waals surface area contributed by atoms with E-state index in [-0.39, 0.29) is 0 Å². The lowest BCUT2D eigenvalue weighted by molar-refractivity contribution is 0.606. The highest BCUT2D eigenvalue weighted by Gasteiger charge is 2.16. The molecule has 0 saturated heterocycles. The Morgan fingerprint density at radius 1 is 1.47 bits per heavy atom. The number of thioether (sulfide) groups is 1. The Morgan fingerprint density at radius 3 is 2.88 bits per heavy atom. The van der Waals surface area contributed by atoms with E-state index in [1.807, 2.05) is 30.0 Å². The minimum atomic E-state index is 0.363. The molecule has 0 N–H and O–H groups in total. The first-order valence-corrected chi connectivity index (χ1v) is 7.70. The van der Waals surface area contributed by atoms with Crippen LogP contribution in [0.25, 0.3) is 11.0 Å². The van der Waals surface area contributed by atoms with Crippen LogP contribution in [0, 0.1) is 0 Å². The molecule has 1 aromatic carbocycles. The average Bonchev–Trinajstić information content (AvgIpc) is 2.69. The highest BCUT2D eigenvalue weighted by Crippen LogP contribution is 2.28. The number of benzene rings is 1. The van der Waals surface area contributed by atoms with Gasteiger partial charge in [-0.2, -0.15) is 11.8 Å². The molecule has 92 valence electrons. The first kappa shape index (κ1) is 13.1. The minimum Gasteiger partial charge on any atom is -0.323 e. The van der Waals surface area contributed by atoms with Crippen molar-refractivity contribution in [1.29, 1.82) is 0 Å². The molecule has 2 rings (SSSR count). The molecular formula is C12H14Cl2N2S. The fraction of sp³-hybridized carbons (Fsp3) is 0.417. The van der Waals surface area contributed by atoms with E-state index in [2.05, 4.69) is 22.7 Å². The van der Waals surface area contributed by atoms with E-state index in [9.17, 15) is 0 Å². The second-order valence-electron chi connectivity index (χ2n) is 3.94. The number of para-hydroxylation sites is 1. The number of aromatic nitrogens is 2. The van der Waals surface area contributed by atoms with Crippen LogP contribution >= 0.6 is 35.0 Å². The lowest BCUT2D eigenvalue weighted by Gasteiger charge is -2.15. The van der Waals surface area contributed by atoms with E-state index in [1.54, 1.807) is 0 Å². The van der Waals surface area contributed by atoms with Crippen molar-refractivity contribution in [2.24, 2.45) is 0 Å². The summed E-state index contributed by atoms with van der Waals surface area (Å²) < 4.78 is 2.19. The van der Waals surface area contributed by atoms with Gasteiger partial charge in [0.15, 0.2) is 0 Å². The standard InChI is InChI=1S/C12H14Cl2N2S/c1-8(7-17-2)16-10-5-3-4-9(14)12(10)15-11(16)6-13/h3-5,8H,6-7H2,1-2H3. The average molecular weight is 289 g/mol. The van der Waals surface area contributed by atoms with Gasteiger partial charge in [0, 0.05) is 11.8 Å². The molecule has 0 radical (unpaired) electrons. The van der Waals surface area contributed by atoms with Gasteiger partial charge in [-0.3, -0.25) is 0 Å². The number of hydrogen-bond acceptors (Lipinski definition) is 2. The molecule has 0 amide bonds. The molecule has 0 bridgehead atoms. The Balaban J connectivity index is 2.62. The largest absolute Gasteiger partial charge is 0.323 e. The van der Waals surface area contributed by atoms with Crippen LogP contribution in [-0.2, 0) is 5.88 Å². The molecule has 17 heavy (non-hydrogen) atoms. The molecule has 0 aliphatic carbocycles. The topological polar surface area (TPSA) is 17.8 Å². The number of alkyl halides is 1. The molecule has 1 heterocycles. The minimum absolute atomic E-state index is 0.363. The Kier molecular flexibility index (Phi) is 4.23. The molecule has 1 aromatic heterocycles. The van der Waals surface area contributed by atoms with Crippen molar-refractivity contribution < 1.29 is 0 Å². The lowest BCUT2D eigenvalue weighted by Crippen LogP contribution is -2.10. The van der Waals surface area contributed by atoms with Crippen LogP contribution in [0.15, 0.2) is 18.2 Å². The zero-order valence-corrected chi connectivity index (χ0v) is 12.1. The zero-order chi connectivity index (χ0) is 12.4. The summed E-state index contributed by atoms with van der Waals surface area (Å²) in [6.07, 6.45) is 2.10. The fourth-order valence-corrected chi connectivity index (χ4v) is 3.06. The highest BCUT2D eigenvalue weighted by molar-refractivity contribution is 7.98. The van der Waals surface area contributed by atoms with Gasteiger partial charge in [-0.05, 0) is 25.3 Å². The maximum absolute atomic E-state index is 6.16. The van der Waals surface area contributed by atoms with E-state index in [1.165, 1.54) is 0 Å². The predicted molar refractivity (Wildman–Crippen MR) is 77.4 cm³/mol. The molecule has 0 aliphatic heterocycles. The third-order valence-electron chi connectivity index (χ3n) is 2.71. The molecule has 0 aliphatic rings. The van der Waals surface area contributed by atoms with Crippen molar-refractivity contribution in [1.82, 2.24) is 9.55 Å². The van der Waals surface area contributed by atoms with Gasteiger partial charge in [0.05, 0.1) is 16.4 Å². The summed E-state index contributed by atoms with van der Waals surface area (Å²) in [5, 5.41) is 0.684. The van der Waals surface area contributed by atoms with Gasteiger partial charge in [-0.25, -0.2) is 4.98 Å². The maximum atomic E-state index is 6.16. The van der Waals surface area contributed by atoms with E-state index in [4.69, 9.17) is 23.2 Å². The third kappa shape index (κ3) is 2.42. The Morgan fingerprint density at radius 2 is 2.24 bits per heavy atom. The van der Waals surface area contributed by atoms with Crippen LogP contribution in [0.4, 0.5) is 0 Å². The SMILES string of the molecule is CSCC(C)n1c(CCl)nc2c(Cl)cccc21. The number of fused-ring (bicyclic) bond motifs is 1. The van der Waals surface area contributed by atoms with E-state index in [0.29, 0.717) is 16.9 Å².